The molecule has 136 valence electrons. The van der Waals surface area contributed by atoms with Gasteiger partial charge in [0.2, 0.25) is 5.91 Å². The number of hydrogen-bond acceptors (Lipinski definition) is 5. The van der Waals surface area contributed by atoms with Gasteiger partial charge < -0.3 is 4.74 Å². The van der Waals surface area contributed by atoms with Gasteiger partial charge in [0, 0.05) is 9.90 Å². The molecule has 0 unspecified atom stereocenters. The fourth-order valence-corrected chi connectivity index (χ4v) is 2.99. The Morgan fingerprint density at radius 1 is 1.07 bits per heavy atom. The number of carbonyl (C=O) groups excluding carboxylic acids is 2. The number of esters is 1. The molecule has 0 aliphatic heterocycles. The lowest BCUT2D eigenvalue weighted by Crippen LogP contribution is -2.19. The van der Waals surface area contributed by atoms with E-state index in [2.05, 4.69) is 10.5 Å². The average molecular weight is 399 g/mol. The predicted molar refractivity (Wildman–Crippen MR) is 107 cm³/mol. The van der Waals surface area contributed by atoms with Gasteiger partial charge in [-0.2, -0.15) is 5.10 Å². The summed E-state index contributed by atoms with van der Waals surface area (Å²) < 4.78 is 5.30. The molecule has 27 heavy (non-hydrogen) atoms. The summed E-state index contributed by atoms with van der Waals surface area (Å²) in [5.41, 5.74) is 3.66. The Hall–Kier alpha value is -2.96. The number of benzene rings is 2. The number of nitrogens with zero attached hydrogens (tertiary/aromatic N) is 1. The largest absolute Gasteiger partial charge is 0.423 e. The second-order valence-electron chi connectivity index (χ2n) is 5.51. The van der Waals surface area contributed by atoms with Crippen LogP contribution in [0.3, 0.4) is 0 Å². The molecule has 1 amide bonds. The van der Waals surface area contributed by atoms with Crippen molar-refractivity contribution < 1.29 is 14.3 Å². The zero-order valence-electron chi connectivity index (χ0n) is 14.1. The number of carbonyl (C=O) groups is 2. The molecule has 0 aliphatic carbocycles. The molecular weight excluding hydrogens is 384 g/mol. The van der Waals surface area contributed by atoms with Crippen LogP contribution in [0.1, 0.15) is 20.8 Å². The highest BCUT2D eigenvalue weighted by molar-refractivity contribution is 7.10. The highest BCUT2D eigenvalue weighted by Gasteiger charge is 2.08. The Balaban J connectivity index is 1.51. The molecule has 0 fully saturated rings. The van der Waals surface area contributed by atoms with E-state index in [4.69, 9.17) is 16.3 Å². The SMILES string of the molecule is O=C(Cc1cccs1)NN=Cc1ccc(OC(=O)c2ccc(Cl)cc2)cc1. The van der Waals surface area contributed by atoms with Crippen molar-refractivity contribution >= 4 is 41.0 Å². The Morgan fingerprint density at radius 2 is 1.81 bits per heavy atom. The quantitative estimate of drug-likeness (QED) is 0.291. The van der Waals surface area contributed by atoms with Crippen LogP contribution in [-0.4, -0.2) is 18.1 Å². The van der Waals surface area contributed by atoms with Crippen molar-refractivity contribution in [2.75, 3.05) is 0 Å². The summed E-state index contributed by atoms with van der Waals surface area (Å²) in [5.74, 6) is -0.232. The molecule has 7 heteroatoms. The Kier molecular flexibility index (Phi) is 6.35. The van der Waals surface area contributed by atoms with E-state index in [1.807, 2.05) is 17.5 Å². The van der Waals surface area contributed by atoms with E-state index in [9.17, 15) is 9.59 Å². The molecule has 0 aliphatic rings. The standard InChI is InChI=1S/C20H15ClN2O3S/c21-16-7-5-15(6-8-16)20(25)26-17-9-3-14(4-10-17)13-22-23-19(24)12-18-2-1-11-27-18/h1-11,13H,12H2,(H,23,24). The van der Waals surface area contributed by atoms with E-state index >= 15 is 0 Å². The van der Waals surface area contributed by atoms with Gasteiger partial charge in [-0.3, -0.25) is 4.79 Å². The molecule has 0 spiro atoms. The van der Waals surface area contributed by atoms with E-state index in [1.54, 1.807) is 48.5 Å². The molecule has 3 rings (SSSR count). The molecule has 0 radical (unpaired) electrons. The summed E-state index contributed by atoms with van der Waals surface area (Å²) in [6.45, 7) is 0. The lowest BCUT2D eigenvalue weighted by molar-refractivity contribution is -0.120. The second kappa shape index (κ2) is 9.12. The maximum Gasteiger partial charge on any atom is 0.343 e. The van der Waals surface area contributed by atoms with Crippen molar-refractivity contribution in [2.24, 2.45) is 5.10 Å². The third-order valence-electron chi connectivity index (χ3n) is 3.49. The average Bonchev–Trinajstić information content (AvgIpc) is 3.16. The van der Waals surface area contributed by atoms with Gasteiger partial charge in [-0.25, -0.2) is 10.2 Å². The van der Waals surface area contributed by atoms with Gasteiger partial charge in [0.05, 0.1) is 18.2 Å². The molecule has 0 saturated heterocycles. The molecule has 0 bridgehead atoms. The summed E-state index contributed by atoms with van der Waals surface area (Å²) in [6.07, 6.45) is 1.83. The van der Waals surface area contributed by atoms with Gasteiger partial charge in [0.25, 0.3) is 0 Å². The van der Waals surface area contributed by atoms with Crippen LogP contribution in [0.15, 0.2) is 71.1 Å². The monoisotopic (exact) mass is 398 g/mol. The number of nitrogens with one attached hydrogen (secondary N) is 1. The summed E-state index contributed by atoms with van der Waals surface area (Å²) in [5, 5.41) is 6.41. The molecular formula is C20H15ClN2O3S. The maximum absolute atomic E-state index is 12.0. The minimum Gasteiger partial charge on any atom is -0.423 e. The summed E-state index contributed by atoms with van der Waals surface area (Å²) >= 11 is 7.33. The van der Waals surface area contributed by atoms with E-state index in [0.29, 0.717) is 22.8 Å². The Bertz CT molecular complexity index is 936. The first-order chi connectivity index (χ1) is 13.1. The van der Waals surface area contributed by atoms with Gasteiger partial charge in [-0.1, -0.05) is 17.7 Å². The smallest absolute Gasteiger partial charge is 0.343 e. The number of thiophene rings is 1. The normalized spacial score (nSPS) is 10.7. The second-order valence-corrected chi connectivity index (χ2v) is 6.98. The van der Waals surface area contributed by atoms with Crippen LogP contribution in [0.2, 0.25) is 5.02 Å². The van der Waals surface area contributed by atoms with Gasteiger partial charge >= 0.3 is 5.97 Å². The first-order valence-corrected chi connectivity index (χ1v) is 9.28. The van der Waals surface area contributed by atoms with Gasteiger partial charge in [-0.05, 0) is 65.5 Å². The van der Waals surface area contributed by atoms with E-state index in [0.717, 1.165) is 10.4 Å². The summed E-state index contributed by atoms with van der Waals surface area (Å²) in [4.78, 5) is 24.8. The van der Waals surface area contributed by atoms with E-state index in [1.165, 1.54) is 17.6 Å². The van der Waals surface area contributed by atoms with Gasteiger partial charge in [-0.15, -0.1) is 11.3 Å². The molecule has 2 aromatic carbocycles. The molecule has 1 aromatic heterocycles. The van der Waals surface area contributed by atoms with Crippen LogP contribution in [0.5, 0.6) is 5.75 Å². The van der Waals surface area contributed by atoms with Gasteiger partial charge in [0.15, 0.2) is 0 Å². The number of amides is 1. The first kappa shape index (κ1) is 18.8. The van der Waals surface area contributed by atoms with Crippen molar-refractivity contribution in [2.45, 2.75) is 6.42 Å². The minimum atomic E-state index is -0.464. The topological polar surface area (TPSA) is 67.8 Å². The minimum absolute atomic E-state index is 0.179. The first-order valence-electron chi connectivity index (χ1n) is 8.02. The van der Waals surface area contributed by atoms with Crippen molar-refractivity contribution in [3.63, 3.8) is 0 Å². The number of hydrazone groups is 1. The van der Waals surface area contributed by atoms with Crippen molar-refractivity contribution in [1.82, 2.24) is 5.43 Å². The number of rotatable bonds is 6. The molecule has 3 aromatic rings. The highest BCUT2D eigenvalue weighted by Crippen LogP contribution is 2.15. The van der Waals surface area contributed by atoms with Crippen LogP contribution in [0.4, 0.5) is 0 Å². The molecule has 0 saturated carbocycles. The van der Waals surface area contributed by atoms with Crippen molar-refractivity contribution in [1.29, 1.82) is 0 Å². The van der Waals surface area contributed by atoms with E-state index in [-0.39, 0.29) is 5.91 Å². The fraction of sp³-hybridized carbons (Fsp3) is 0.0500. The van der Waals surface area contributed by atoms with Crippen LogP contribution < -0.4 is 10.2 Å². The van der Waals surface area contributed by atoms with Crippen LogP contribution >= 0.6 is 22.9 Å². The Labute approximate surface area is 165 Å². The fourth-order valence-electron chi connectivity index (χ4n) is 2.16. The van der Waals surface area contributed by atoms with Crippen molar-refractivity contribution in [3.05, 3.63) is 87.1 Å². The lowest BCUT2D eigenvalue weighted by Gasteiger charge is -2.04. The number of hydrogen-bond donors (Lipinski definition) is 1. The molecule has 5 nitrogen and oxygen atoms in total. The molecule has 1 heterocycles. The predicted octanol–water partition coefficient (Wildman–Crippen LogP) is 4.31. The van der Waals surface area contributed by atoms with Gasteiger partial charge in [0.1, 0.15) is 5.75 Å². The van der Waals surface area contributed by atoms with Crippen LogP contribution in [-0.2, 0) is 11.2 Å². The lowest BCUT2D eigenvalue weighted by atomic mass is 10.2. The Morgan fingerprint density at radius 3 is 2.48 bits per heavy atom. The zero-order chi connectivity index (χ0) is 19.1. The van der Waals surface area contributed by atoms with Crippen LogP contribution in [0, 0.1) is 0 Å². The van der Waals surface area contributed by atoms with E-state index < -0.39 is 5.97 Å². The van der Waals surface area contributed by atoms with Crippen LogP contribution in [0.25, 0.3) is 0 Å². The molecule has 0 atom stereocenters. The third kappa shape index (κ3) is 5.77. The molecule has 1 N–H and O–H groups in total. The zero-order valence-corrected chi connectivity index (χ0v) is 15.7. The summed E-state index contributed by atoms with van der Waals surface area (Å²) in [6, 6.07) is 17.0. The van der Waals surface area contributed by atoms with Crippen molar-refractivity contribution in [3.8, 4) is 5.75 Å². The third-order valence-corrected chi connectivity index (χ3v) is 4.62. The number of ether oxygens (including phenoxy) is 1. The number of halogens is 1. The summed E-state index contributed by atoms with van der Waals surface area (Å²) in [7, 11) is 0. The highest BCUT2D eigenvalue weighted by atomic mass is 35.5. The maximum atomic E-state index is 12.0.